The van der Waals surface area contributed by atoms with Gasteiger partial charge in [-0.2, -0.15) is 0 Å². The van der Waals surface area contributed by atoms with Gasteiger partial charge in [0, 0.05) is 30.1 Å². The zero-order chi connectivity index (χ0) is 21.0. The summed E-state index contributed by atoms with van der Waals surface area (Å²) in [5.41, 5.74) is 0.219. The number of carbonyl (C=O) groups excluding carboxylic acids is 2. The van der Waals surface area contributed by atoms with Crippen LogP contribution in [0.3, 0.4) is 0 Å². The molecule has 8 heteroatoms. The normalized spacial score (nSPS) is 13.4. The van der Waals surface area contributed by atoms with Gasteiger partial charge in [-0.25, -0.2) is 9.78 Å². The smallest absolute Gasteiger partial charge is 0.410 e. The zero-order valence-electron chi connectivity index (χ0n) is 18.0. The van der Waals surface area contributed by atoms with Gasteiger partial charge in [0.25, 0.3) is 0 Å². The fourth-order valence-corrected chi connectivity index (χ4v) is 3.23. The van der Waals surface area contributed by atoms with Crippen molar-refractivity contribution in [3.63, 3.8) is 0 Å². The van der Waals surface area contributed by atoms with Crippen molar-refractivity contribution in [1.29, 1.82) is 0 Å². The maximum absolute atomic E-state index is 12.4. The van der Waals surface area contributed by atoms with Crippen LogP contribution in [0.1, 0.15) is 63.5 Å². The van der Waals surface area contributed by atoms with Crippen LogP contribution in [0.15, 0.2) is 5.38 Å². The molecule has 0 radical (unpaired) electrons. The number of amides is 1. The second kappa shape index (κ2) is 8.92. The van der Waals surface area contributed by atoms with Gasteiger partial charge in [-0.1, -0.05) is 20.8 Å². The Morgan fingerprint density at radius 2 is 1.78 bits per heavy atom. The molecular formula is C19H34N2O4S2. The molecule has 0 aliphatic carbocycles. The number of nitrogens with zero attached hydrogens (tertiary/aromatic N) is 2. The van der Waals surface area contributed by atoms with Gasteiger partial charge in [-0.05, 0) is 33.3 Å². The molecule has 156 valence electrons. The van der Waals surface area contributed by atoms with Crippen molar-refractivity contribution in [3.8, 4) is 0 Å². The quantitative estimate of drug-likeness (QED) is 0.591. The van der Waals surface area contributed by atoms with Crippen LogP contribution >= 0.6 is 21.6 Å². The predicted octanol–water partition coefficient (Wildman–Crippen LogP) is 4.88. The van der Waals surface area contributed by atoms with Crippen LogP contribution in [0.5, 0.6) is 0 Å². The second-order valence-electron chi connectivity index (χ2n) is 8.83. The summed E-state index contributed by atoms with van der Waals surface area (Å²) in [5.74, 6) is -0.0795. The van der Waals surface area contributed by atoms with Crippen LogP contribution < -0.4 is 0 Å². The van der Waals surface area contributed by atoms with Gasteiger partial charge in [-0.15, -0.1) is 21.6 Å². The first-order chi connectivity index (χ1) is 12.1. The minimum atomic E-state index is -1.23. The minimum absolute atomic E-state index is 0.0773. The Morgan fingerprint density at radius 3 is 2.30 bits per heavy atom. The lowest BCUT2D eigenvalue weighted by molar-refractivity contribution is 0.0298. The molecule has 0 bridgehead atoms. The molecule has 1 amide bonds. The van der Waals surface area contributed by atoms with Crippen LogP contribution in [0, 0.1) is 0 Å². The monoisotopic (exact) mass is 418 g/mol. The zero-order valence-corrected chi connectivity index (χ0v) is 19.7. The molecule has 1 heterocycles. The molecule has 0 aliphatic heterocycles. The third kappa shape index (κ3) is 7.79. The van der Waals surface area contributed by atoms with Gasteiger partial charge < -0.3 is 13.8 Å². The number of ether oxygens (including phenoxy) is 1. The number of hydrogen-bond donors (Lipinski definition) is 0. The van der Waals surface area contributed by atoms with Crippen molar-refractivity contribution < 1.29 is 18.5 Å². The van der Waals surface area contributed by atoms with Crippen LogP contribution in [-0.4, -0.2) is 58.2 Å². The molecule has 0 saturated heterocycles. The molecule has 0 aliphatic rings. The molecule has 0 N–H and O–H groups in total. The highest BCUT2D eigenvalue weighted by Crippen LogP contribution is 2.54. The van der Waals surface area contributed by atoms with E-state index in [4.69, 9.17) is 8.92 Å². The molecule has 0 saturated carbocycles. The fraction of sp³-hybridized carbons (Fsp3) is 0.737. The Bertz CT molecular complexity index is 657. The van der Waals surface area contributed by atoms with Crippen molar-refractivity contribution >= 4 is 33.5 Å². The summed E-state index contributed by atoms with van der Waals surface area (Å²) >= 11 is 1.32. The molecule has 1 aromatic rings. The van der Waals surface area contributed by atoms with E-state index in [1.165, 1.54) is 16.2 Å². The Morgan fingerprint density at radius 1 is 1.19 bits per heavy atom. The highest BCUT2D eigenvalue weighted by molar-refractivity contribution is 8.29. The molecule has 0 aromatic carbocycles. The molecule has 1 aromatic heterocycles. The fourth-order valence-electron chi connectivity index (χ4n) is 1.69. The van der Waals surface area contributed by atoms with Crippen molar-refractivity contribution in [1.82, 2.24) is 9.88 Å². The molecule has 0 unspecified atom stereocenters. The van der Waals surface area contributed by atoms with E-state index in [2.05, 4.69) is 38.3 Å². The molecule has 0 fully saturated rings. The van der Waals surface area contributed by atoms with E-state index in [0.717, 1.165) is 5.69 Å². The highest BCUT2D eigenvalue weighted by atomic mass is 32.3. The Hall–Kier alpha value is -1.12. The lowest BCUT2D eigenvalue weighted by Crippen LogP contribution is -2.35. The number of ketones is 1. The van der Waals surface area contributed by atoms with E-state index >= 15 is 0 Å². The molecular weight excluding hydrogens is 384 g/mol. The average molecular weight is 419 g/mol. The van der Waals surface area contributed by atoms with Gasteiger partial charge in [-0.3, -0.25) is 4.79 Å². The van der Waals surface area contributed by atoms with Crippen molar-refractivity contribution in [2.75, 3.05) is 26.1 Å². The van der Waals surface area contributed by atoms with E-state index in [1.54, 1.807) is 7.05 Å². The maximum atomic E-state index is 12.4. The van der Waals surface area contributed by atoms with Crippen LogP contribution in [0.2, 0.25) is 0 Å². The van der Waals surface area contributed by atoms with Crippen molar-refractivity contribution in [3.05, 3.63) is 16.1 Å². The third-order valence-electron chi connectivity index (χ3n) is 4.15. The SMILES string of the molecule is CN(CCC(=O)c1nc(COS(C)(C)C(C)(C)C)cs1)C(=O)OC(C)(C)C. The average Bonchev–Trinajstić information content (AvgIpc) is 2.96. The summed E-state index contributed by atoms with van der Waals surface area (Å²) in [7, 11) is 0.394. The van der Waals surface area contributed by atoms with Crippen LogP contribution in [0.25, 0.3) is 0 Å². The molecule has 27 heavy (non-hydrogen) atoms. The van der Waals surface area contributed by atoms with Gasteiger partial charge in [0.1, 0.15) is 12.2 Å². The largest absolute Gasteiger partial charge is 0.444 e. The number of thiazole rings is 1. The minimum Gasteiger partial charge on any atom is -0.444 e. The molecule has 6 nitrogen and oxygen atoms in total. The summed E-state index contributed by atoms with van der Waals surface area (Å²) < 4.78 is 11.5. The first-order valence-corrected chi connectivity index (χ1v) is 12.2. The Balaban J connectivity index is 2.55. The maximum Gasteiger partial charge on any atom is 0.410 e. The van der Waals surface area contributed by atoms with Crippen LogP contribution in [-0.2, 0) is 15.5 Å². The summed E-state index contributed by atoms with van der Waals surface area (Å²) in [6.45, 7) is 12.6. The number of aromatic nitrogens is 1. The topological polar surface area (TPSA) is 68.7 Å². The van der Waals surface area contributed by atoms with Crippen molar-refractivity contribution in [2.24, 2.45) is 0 Å². The van der Waals surface area contributed by atoms with Crippen molar-refractivity contribution in [2.45, 2.75) is 64.9 Å². The summed E-state index contributed by atoms with van der Waals surface area (Å²) in [6.07, 6.45) is 4.05. The summed E-state index contributed by atoms with van der Waals surface area (Å²) in [4.78, 5) is 30.1. The Labute approximate surface area is 169 Å². The van der Waals surface area contributed by atoms with E-state index in [9.17, 15) is 9.59 Å². The predicted molar refractivity (Wildman–Crippen MR) is 114 cm³/mol. The van der Waals surface area contributed by atoms with E-state index in [0.29, 0.717) is 18.2 Å². The summed E-state index contributed by atoms with van der Waals surface area (Å²) in [6, 6.07) is 0. The van der Waals surface area contributed by atoms with Gasteiger partial charge in [0.15, 0.2) is 10.8 Å². The molecule has 0 spiro atoms. The lowest BCUT2D eigenvalue weighted by Gasteiger charge is -2.43. The number of hydrogen-bond acceptors (Lipinski definition) is 6. The highest BCUT2D eigenvalue weighted by Gasteiger charge is 2.29. The van der Waals surface area contributed by atoms with Crippen LogP contribution in [0.4, 0.5) is 4.79 Å². The summed E-state index contributed by atoms with van der Waals surface area (Å²) in [5, 5.41) is 2.32. The number of rotatable bonds is 7. The first kappa shape index (κ1) is 23.9. The van der Waals surface area contributed by atoms with Gasteiger partial charge >= 0.3 is 6.09 Å². The third-order valence-corrected chi connectivity index (χ3v) is 8.73. The van der Waals surface area contributed by atoms with E-state index in [-0.39, 0.29) is 17.0 Å². The molecule has 1 rings (SSSR count). The number of Topliss-reactive ketones (excluding diaryl/α,β-unsaturated/α-hetero) is 1. The first-order valence-electron chi connectivity index (χ1n) is 8.91. The van der Waals surface area contributed by atoms with Gasteiger partial charge in [0.05, 0.1) is 5.69 Å². The van der Waals surface area contributed by atoms with E-state index < -0.39 is 22.0 Å². The Kier molecular flexibility index (Phi) is 7.90. The lowest BCUT2D eigenvalue weighted by atomic mass is 10.2. The standard InChI is InChI=1S/C19H34N2O4S2/c1-18(2,3)25-17(23)21(7)11-10-15(22)16-20-14(13-26-16)12-24-27(8,9)19(4,5)6/h13H,10-12H2,1-9H3. The van der Waals surface area contributed by atoms with E-state index in [1.807, 2.05) is 26.2 Å². The van der Waals surface area contributed by atoms with Gasteiger partial charge in [0.2, 0.25) is 0 Å². The number of carbonyl (C=O) groups is 2. The second-order valence-corrected chi connectivity index (χ2v) is 13.6. The molecule has 0 atom stereocenters.